The summed E-state index contributed by atoms with van der Waals surface area (Å²) in [5, 5.41) is 2.48. The van der Waals surface area contributed by atoms with Crippen LogP contribution in [0.5, 0.6) is 0 Å². The van der Waals surface area contributed by atoms with E-state index in [-0.39, 0.29) is 10.0 Å². The van der Waals surface area contributed by atoms with Gasteiger partial charge in [0, 0.05) is 5.56 Å². The average molecular weight is 313 g/mol. The predicted molar refractivity (Wildman–Crippen MR) is 66.2 cm³/mol. The lowest BCUT2D eigenvalue weighted by atomic mass is 10.2. The standard InChI is InChI=1S/C12H7BrF2N2O/c13-9-3-1-7(5-10(9)14)12(18)17-8-2-4-11(15)16-6-8/h1-6H,(H,17,18). The van der Waals surface area contributed by atoms with E-state index in [1.54, 1.807) is 0 Å². The van der Waals surface area contributed by atoms with Crippen molar-refractivity contribution in [3.05, 3.63) is 58.3 Å². The van der Waals surface area contributed by atoms with E-state index in [2.05, 4.69) is 26.2 Å². The molecule has 0 atom stereocenters. The maximum atomic E-state index is 13.2. The molecule has 1 N–H and O–H groups in total. The molecule has 0 aliphatic rings. The second-order valence-corrected chi connectivity index (χ2v) is 4.31. The van der Waals surface area contributed by atoms with Gasteiger partial charge in [-0.05, 0) is 46.3 Å². The van der Waals surface area contributed by atoms with Gasteiger partial charge in [-0.25, -0.2) is 9.37 Å². The Morgan fingerprint density at radius 3 is 2.61 bits per heavy atom. The lowest BCUT2D eigenvalue weighted by Gasteiger charge is -2.05. The molecule has 0 saturated carbocycles. The first-order valence-electron chi connectivity index (χ1n) is 4.94. The fourth-order valence-corrected chi connectivity index (χ4v) is 1.54. The minimum Gasteiger partial charge on any atom is -0.321 e. The summed E-state index contributed by atoms with van der Waals surface area (Å²) in [6.45, 7) is 0. The van der Waals surface area contributed by atoms with Crippen molar-refractivity contribution in [3.8, 4) is 0 Å². The first-order chi connectivity index (χ1) is 8.56. The summed E-state index contributed by atoms with van der Waals surface area (Å²) >= 11 is 2.99. The summed E-state index contributed by atoms with van der Waals surface area (Å²) in [6.07, 6.45) is 1.18. The van der Waals surface area contributed by atoms with Crippen LogP contribution in [0.2, 0.25) is 0 Å². The molecule has 0 spiro atoms. The van der Waals surface area contributed by atoms with E-state index in [4.69, 9.17) is 0 Å². The number of nitrogens with one attached hydrogen (secondary N) is 1. The van der Waals surface area contributed by atoms with Crippen LogP contribution in [0.4, 0.5) is 14.5 Å². The fourth-order valence-electron chi connectivity index (χ4n) is 1.29. The average Bonchev–Trinajstić information content (AvgIpc) is 2.35. The number of hydrogen-bond donors (Lipinski definition) is 1. The molecule has 2 aromatic rings. The van der Waals surface area contributed by atoms with Crippen LogP contribution in [0.3, 0.4) is 0 Å². The molecule has 1 heterocycles. The minimum atomic E-state index is -0.636. The molecule has 18 heavy (non-hydrogen) atoms. The van der Waals surface area contributed by atoms with Crippen LogP contribution in [0, 0.1) is 11.8 Å². The highest BCUT2D eigenvalue weighted by Gasteiger charge is 2.09. The predicted octanol–water partition coefficient (Wildman–Crippen LogP) is 3.37. The number of nitrogens with zero attached hydrogens (tertiary/aromatic N) is 1. The third-order valence-electron chi connectivity index (χ3n) is 2.17. The number of aromatic nitrogens is 1. The zero-order valence-corrected chi connectivity index (χ0v) is 10.5. The number of carbonyl (C=O) groups is 1. The molecule has 0 aliphatic heterocycles. The number of benzene rings is 1. The molecule has 1 aromatic carbocycles. The lowest BCUT2D eigenvalue weighted by molar-refractivity contribution is 0.102. The zero-order valence-electron chi connectivity index (χ0n) is 8.95. The van der Waals surface area contributed by atoms with E-state index in [1.165, 1.54) is 24.4 Å². The number of pyridine rings is 1. The molecule has 0 unspecified atom stereocenters. The summed E-state index contributed by atoms with van der Waals surface area (Å²) in [5.74, 6) is -1.66. The van der Waals surface area contributed by atoms with E-state index in [1.807, 2.05) is 0 Å². The number of rotatable bonds is 2. The molecule has 0 fully saturated rings. The van der Waals surface area contributed by atoms with Gasteiger partial charge in [0.15, 0.2) is 0 Å². The van der Waals surface area contributed by atoms with Crippen molar-refractivity contribution < 1.29 is 13.6 Å². The molecule has 2 rings (SSSR count). The summed E-state index contributed by atoms with van der Waals surface area (Å²) < 4.78 is 26.1. The van der Waals surface area contributed by atoms with Gasteiger partial charge in [-0.15, -0.1) is 0 Å². The van der Waals surface area contributed by atoms with Gasteiger partial charge in [0.2, 0.25) is 5.95 Å². The van der Waals surface area contributed by atoms with Gasteiger partial charge in [-0.3, -0.25) is 4.79 Å². The molecule has 0 aliphatic carbocycles. The summed E-state index contributed by atoms with van der Waals surface area (Å²) in [4.78, 5) is 15.1. The normalized spacial score (nSPS) is 10.2. The van der Waals surface area contributed by atoms with Crippen molar-refractivity contribution in [1.82, 2.24) is 4.98 Å². The third-order valence-corrected chi connectivity index (χ3v) is 2.81. The quantitative estimate of drug-likeness (QED) is 0.864. The Bertz CT molecular complexity index is 587. The van der Waals surface area contributed by atoms with Crippen LogP contribution in [0.25, 0.3) is 0 Å². The van der Waals surface area contributed by atoms with Gasteiger partial charge in [0.05, 0.1) is 16.4 Å². The van der Waals surface area contributed by atoms with Crippen molar-refractivity contribution in [2.45, 2.75) is 0 Å². The van der Waals surface area contributed by atoms with E-state index < -0.39 is 17.7 Å². The highest BCUT2D eigenvalue weighted by Crippen LogP contribution is 2.17. The Labute approximate surface area is 110 Å². The first-order valence-corrected chi connectivity index (χ1v) is 5.73. The van der Waals surface area contributed by atoms with Crippen LogP contribution in [-0.2, 0) is 0 Å². The lowest BCUT2D eigenvalue weighted by Crippen LogP contribution is -2.12. The van der Waals surface area contributed by atoms with E-state index in [0.29, 0.717) is 5.69 Å². The molecule has 1 aromatic heterocycles. The Balaban J connectivity index is 2.16. The van der Waals surface area contributed by atoms with Crippen molar-refractivity contribution in [3.63, 3.8) is 0 Å². The number of carbonyl (C=O) groups excluding carboxylic acids is 1. The van der Waals surface area contributed by atoms with E-state index >= 15 is 0 Å². The van der Waals surface area contributed by atoms with E-state index in [9.17, 15) is 13.6 Å². The molecule has 1 amide bonds. The van der Waals surface area contributed by atoms with Gasteiger partial charge >= 0.3 is 0 Å². The topological polar surface area (TPSA) is 42.0 Å². The molecular formula is C12H7BrF2N2O. The van der Waals surface area contributed by atoms with Crippen LogP contribution in [-0.4, -0.2) is 10.9 Å². The molecular weight excluding hydrogens is 306 g/mol. The Morgan fingerprint density at radius 2 is 2.00 bits per heavy atom. The van der Waals surface area contributed by atoms with Crippen molar-refractivity contribution in [1.29, 1.82) is 0 Å². The van der Waals surface area contributed by atoms with Crippen LogP contribution in [0.15, 0.2) is 41.0 Å². The fraction of sp³-hybridized carbons (Fsp3) is 0. The van der Waals surface area contributed by atoms with Gasteiger partial charge in [-0.2, -0.15) is 4.39 Å². The van der Waals surface area contributed by atoms with Gasteiger partial charge < -0.3 is 5.32 Å². The number of anilines is 1. The number of hydrogen-bond acceptors (Lipinski definition) is 2. The first kappa shape index (κ1) is 12.6. The van der Waals surface area contributed by atoms with Gasteiger partial charge in [0.1, 0.15) is 5.82 Å². The smallest absolute Gasteiger partial charge is 0.255 e. The highest BCUT2D eigenvalue weighted by atomic mass is 79.9. The molecule has 3 nitrogen and oxygen atoms in total. The van der Waals surface area contributed by atoms with Gasteiger partial charge in [-0.1, -0.05) is 0 Å². The number of amides is 1. The largest absolute Gasteiger partial charge is 0.321 e. The summed E-state index contributed by atoms with van der Waals surface area (Å²) in [5.41, 5.74) is 0.504. The minimum absolute atomic E-state index is 0.167. The Kier molecular flexibility index (Phi) is 3.66. The molecule has 0 saturated heterocycles. The van der Waals surface area contributed by atoms with Gasteiger partial charge in [0.25, 0.3) is 5.91 Å². The van der Waals surface area contributed by atoms with E-state index in [0.717, 1.165) is 12.1 Å². The Morgan fingerprint density at radius 1 is 1.22 bits per heavy atom. The maximum Gasteiger partial charge on any atom is 0.255 e. The Hall–Kier alpha value is -1.82. The van der Waals surface area contributed by atoms with Crippen LogP contribution < -0.4 is 5.32 Å². The second kappa shape index (κ2) is 5.22. The molecule has 0 bridgehead atoms. The van der Waals surface area contributed by atoms with Crippen molar-refractivity contribution in [2.24, 2.45) is 0 Å². The molecule has 0 radical (unpaired) electrons. The van der Waals surface area contributed by atoms with Crippen molar-refractivity contribution >= 4 is 27.5 Å². The summed E-state index contributed by atoms with van der Waals surface area (Å²) in [6, 6.07) is 6.51. The molecule has 92 valence electrons. The third kappa shape index (κ3) is 2.89. The van der Waals surface area contributed by atoms with Crippen LogP contribution >= 0.6 is 15.9 Å². The van der Waals surface area contributed by atoms with Crippen molar-refractivity contribution in [2.75, 3.05) is 5.32 Å². The summed E-state index contributed by atoms with van der Waals surface area (Å²) in [7, 11) is 0. The SMILES string of the molecule is O=C(Nc1ccc(F)nc1)c1ccc(Br)c(F)c1. The monoisotopic (exact) mass is 312 g/mol. The zero-order chi connectivity index (χ0) is 13.1. The van der Waals surface area contributed by atoms with Crippen LogP contribution in [0.1, 0.15) is 10.4 Å². The number of halogens is 3. The molecule has 6 heteroatoms. The highest BCUT2D eigenvalue weighted by molar-refractivity contribution is 9.10. The maximum absolute atomic E-state index is 13.2. The second-order valence-electron chi connectivity index (χ2n) is 3.45.